The fourth-order valence-corrected chi connectivity index (χ4v) is 3.55. The van der Waals surface area contributed by atoms with Gasteiger partial charge < -0.3 is 5.32 Å². The van der Waals surface area contributed by atoms with Gasteiger partial charge in [0, 0.05) is 17.5 Å². The van der Waals surface area contributed by atoms with Crippen LogP contribution in [0.2, 0.25) is 5.02 Å². The first kappa shape index (κ1) is 14.9. The average Bonchev–Trinajstić information content (AvgIpc) is 2.46. The molecule has 1 aliphatic rings. The molecule has 0 amide bonds. The van der Waals surface area contributed by atoms with Gasteiger partial charge in [-0.3, -0.25) is 0 Å². The van der Waals surface area contributed by atoms with Crippen molar-refractivity contribution in [3.05, 3.63) is 34.9 Å². The largest absolute Gasteiger partial charge is 0.316 e. The van der Waals surface area contributed by atoms with E-state index in [0.29, 0.717) is 5.92 Å². The highest BCUT2D eigenvalue weighted by Gasteiger charge is 2.26. The van der Waals surface area contributed by atoms with Gasteiger partial charge in [0.25, 0.3) is 0 Å². The first-order valence-electron chi connectivity index (χ1n) is 7.78. The summed E-state index contributed by atoms with van der Waals surface area (Å²) in [5, 5.41) is 4.54. The highest BCUT2D eigenvalue weighted by molar-refractivity contribution is 6.31. The van der Waals surface area contributed by atoms with Gasteiger partial charge in [0.05, 0.1) is 0 Å². The second-order valence-corrected chi connectivity index (χ2v) is 6.14. The number of halogens is 1. The summed E-state index contributed by atoms with van der Waals surface area (Å²) in [6.45, 7) is 4.40. The van der Waals surface area contributed by atoms with E-state index in [4.69, 9.17) is 11.6 Å². The van der Waals surface area contributed by atoms with E-state index in [-0.39, 0.29) is 0 Å². The van der Waals surface area contributed by atoms with E-state index in [1.807, 2.05) is 12.1 Å². The van der Waals surface area contributed by atoms with E-state index in [9.17, 15) is 0 Å². The topological polar surface area (TPSA) is 12.0 Å². The standard InChI is InChI=1S/C17H26ClN/c1-2-12-19-13-16(14-8-4-3-5-9-14)15-10-6-7-11-17(15)18/h6-7,10-11,14,16,19H,2-5,8-9,12-13H2,1H3. The summed E-state index contributed by atoms with van der Waals surface area (Å²) in [5.74, 6) is 1.39. The first-order valence-corrected chi connectivity index (χ1v) is 8.16. The van der Waals surface area contributed by atoms with Gasteiger partial charge in [-0.1, -0.05) is 56.0 Å². The van der Waals surface area contributed by atoms with Gasteiger partial charge in [0.15, 0.2) is 0 Å². The molecular formula is C17H26ClN. The minimum Gasteiger partial charge on any atom is -0.316 e. The van der Waals surface area contributed by atoms with Crippen molar-refractivity contribution >= 4 is 11.6 Å². The van der Waals surface area contributed by atoms with Crippen molar-refractivity contribution in [1.82, 2.24) is 5.32 Å². The molecule has 1 atom stereocenters. The molecule has 1 aromatic carbocycles. The predicted octanol–water partition coefficient (Wildman–Crippen LogP) is 5.00. The van der Waals surface area contributed by atoms with Crippen LogP contribution < -0.4 is 5.32 Å². The van der Waals surface area contributed by atoms with Crippen LogP contribution in [0.25, 0.3) is 0 Å². The normalized spacial score (nSPS) is 18.4. The van der Waals surface area contributed by atoms with Gasteiger partial charge in [0.2, 0.25) is 0 Å². The molecule has 0 bridgehead atoms. The Hall–Kier alpha value is -0.530. The molecule has 1 saturated carbocycles. The summed E-state index contributed by atoms with van der Waals surface area (Å²) in [5.41, 5.74) is 1.35. The van der Waals surface area contributed by atoms with Crippen LogP contribution in [0.4, 0.5) is 0 Å². The Morgan fingerprint density at radius 3 is 2.63 bits per heavy atom. The number of hydrogen-bond acceptors (Lipinski definition) is 1. The average molecular weight is 280 g/mol. The van der Waals surface area contributed by atoms with Gasteiger partial charge in [-0.15, -0.1) is 0 Å². The number of hydrogen-bond donors (Lipinski definition) is 1. The molecule has 1 fully saturated rings. The second-order valence-electron chi connectivity index (χ2n) is 5.73. The minimum atomic E-state index is 0.584. The molecule has 1 nitrogen and oxygen atoms in total. The number of benzene rings is 1. The Kier molecular flexibility index (Phi) is 6.19. The van der Waals surface area contributed by atoms with Gasteiger partial charge in [-0.2, -0.15) is 0 Å². The maximum atomic E-state index is 6.42. The van der Waals surface area contributed by atoms with E-state index in [0.717, 1.165) is 24.0 Å². The van der Waals surface area contributed by atoms with Gasteiger partial charge in [-0.05, 0) is 43.4 Å². The molecule has 1 aromatic rings. The molecule has 0 saturated heterocycles. The van der Waals surface area contributed by atoms with Crippen LogP contribution in [0, 0.1) is 5.92 Å². The maximum absolute atomic E-state index is 6.42. The highest BCUT2D eigenvalue weighted by atomic mass is 35.5. The molecule has 0 heterocycles. The zero-order valence-electron chi connectivity index (χ0n) is 12.0. The van der Waals surface area contributed by atoms with E-state index in [1.165, 1.54) is 44.1 Å². The third-order valence-electron chi connectivity index (χ3n) is 4.31. The lowest BCUT2D eigenvalue weighted by molar-refractivity contribution is 0.297. The zero-order valence-corrected chi connectivity index (χ0v) is 12.8. The fourth-order valence-electron chi connectivity index (χ4n) is 3.28. The van der Waals surface area contributed by atoms with Crippen molar-refractivity contribution < 1.29 is 0 Å². The summed E-state index contributed by atoms with van der Waals surface area (Å²) in [4.78, 5) is 0. The third-order valence-corrected chi connectivity index (χ3v) is 4.66. The van der Waals surface area contributed by atoms with Crippen LogP contribution in [0.1, 0.15) is 56.9 Å². The zero-order chi connectivity index (χ0) is 13.5. The summed E-state index contributed by atoms with van der Waals surface area (Å²) in [6.07, 6.45) is 8.11. The highest BCUT2D eigenvalue weighted by Crippen LogP contribution is 2.38. The SMILES string of the molecule is CCCNCC(c1ccccc1Cl)C1CCCCC1. The Morgan fingerprint density at radius 2 is 1.95 bits per heavy atom. The third kappa shape index (κ3) is 4.22. The predicted molar refractivity (Wildman–Crippen MR) is 83.9 cm³/mol. The molecule has 106 valence electrons. The summed E-state index contributed by atoms with van der Waals surface area (Å²) in [7, 11) is 0. The van der Waals surface area contributed by atoms with Crippen molar-refractivity contribution in [2.45, 2.75) is 51.4 Å². The molecule has 0 aromatic heterocycles. The lowest BCUT2D eigenvalue weighted by atomic mass is 9.76. The van der Waals surface area contributed by atoms with Gasteiger partial charge >= 0.3 is 0 Å². The number of nitrogens with one attached hydrogen (secondary N) is 1. The Balaban J connectivity index is 2.10. The Bertz CT molecular complexity index is 371. The smallest absolute Gasteiger partial charge is 0.0441 e. The maximum Gasteiger partial charge on any atom is 0.0441 e. The van der Waals surface area contributed by atoms with Gasteiger partial charge in [-0.25, -0.2) is 0 Å². The second kappa shape index (κ2) is 7.91. The molecule has 1 unspecified atom stereocenters. The van der Waals surface area contributed by atoms with Crippen LogP contribution in [0.15, 0.2) is 24.3 Å². The van der Waals surface area contributed by atoms with E-state index >= 15 is 0 Å². The van der Waals surface area contributed by atoms with Crippen molar-refractivity contribution in [1.29, 1.82) is 0 Å². The van der Waals surface area contributed by atoms with Crippen molar-refractivity contribution in [2.24, 2.45) is 5.92 Å². The van der Waals surface area contributed by atoms with Crippen LogP contribution in [-0.2, 0) is 0 Å². The molecule has 1 N–H and O–H groups in total. The minimum absolute atomic E-state index is 0.584. The Morgan fingerprint density at radius 1 is 1.21 bits per heavy atom. The first-order chi connectivity index (χ1) is 9.33. The van der Waals surface area contributed by atoms with Crippen molar-refractivity contribution in [2.75, 3.05) is 13.1 Å². The summed E-state index contributed by atoms with van der Waals surface area (Å²) < 4.78 is 0. The van der Waals surface area contributed by atoms with Crippen molar-refractivity contribution in [3.63, 3.8) is 0 Å². The van der Waals surface area contributed by atoms with E-state index < -0.39 is 0 Å². The fraction of sp³-hybridized carbons (Fsp3) is 0.647. The summed E-state index contributed by atoms with van der Waals surface area (Å²) >= 11 is 6.42. The molecular weight excluding hydrogens is 254 g/mol. The van der Waals surface area contributed by atoms with Crippen LogP contribution in [0.3, 0.4) is 0 Å². The molecule has 0 spiro atoms. The lowest BCUT2D eigenvalue weighted by Gasteiger charge is -2.31. The molecule has 2 rings (SSSR count). The number of rotatable bonds is 6. The van der Waals surface area contributed by atoms with Crippen LogP contribution in [0.5, 0.6) is 0 Å². The van der Waals surface area contributed by atoms with Crippen LogP contribution in [-0.4, -0.2) is 13.1 Å². The molecule has 0 radical (unpaired) electrons. The monoisotopic (exact) mass is 279 g/mol. The molecule has 1 aliphatic carbocycles. The van der Waals surface area contributed by atoms with E-state index in [1.54, 1.807) is 0 Å². The quantitative estimate of drug-likeness (QED) is 0.722. The molecule has 2 heteroatoms. The summed E-state index contributed by atoms with van der Waals surface area (Å²) in [6, 6.07) is 8.40. The van der Waals surface area contributed by atoms with E-state index in [2.05, 4.69) is 24.4 Å². The lowest BCUT2D eigenvalue weighted by Crippen LogP contribution is -2.28. The molecule has 19 heavy (non-hydrogen) atoms. The van der Waals surface area contributed by atoms with Crippen LogP contribution >= 0.6 is 11.6 Å². The van der Waals surface area contributed by atoms with Gasteiger partial charge in [0.1, 0.15) is 0 Å². The Labute approximate surface area is 122 Å². The van der Waals surface area contributed by atoms with Crippen molar-refractivity contribution in [3.8, 4) is 0 Å². The molecule has 0 aliphatic heterocycles.